The number of Topliss-reactive ketones (excluding diaryl/α,β-unsaturated/α-hetero) is 2. The lowest BCUT2D eigenvalue weighted by molar-refractivity contribution is -0.147. The van der Waals surface area contributed by atoms with Crippen LogP contribution in [0.15, 0.2) is 29.0 Å². The Morgan fingerprint density at radius 1 is 1.22 bits per heavy atom. The Hall–Kier alpha value is -3.61. The summed E-state index contributed by atoms with van der Waals surface area (Å²) < 4.78 is 0. The van der Waals surface area contributed by atoms with Crippen molar-refractivity contribution >= 4 is 23.2 Å². The van der Waals surface area contributed by atoms with Crippen molar-refractivity contribution in [2.24, 2.45) is 17.6 Å². The summed E-state index contributed by atoms with van der Waals surface area (Å²) in [5, 5.41) is 52.5. The van der Waals surface area contributed by atoms with Crippen molar-refractivity contribution in [3.8, 4) is 17.6 Å². The minimum atomic E-state index is -2.59. The molecule has 4 rings (SSSR count). The number of hydrogen-bond donors (Lipinski definition) is 6. The summed E-state index contributed by atoms with van der Waals surface area (Å²) in [6.07, 6.45) is -1.08. The number of carbonyl (C=O) groups is 3. The second kappa shape index (κ2) is 7.22. The maximum Gasteiger partial charge on any atom is 0.255 e. The van der Waals surface area contributed by atoms with Crippen LogP contribution in [0.1, 0.15) is 36.5 Å². The van der Waals surface area contributed by atoms with E-state index in [2.05, 4.69) is 11.8 Å². The number of benzene rings is 1. The highest BCUT2D eigenvalue weighted by Gasteiger charge is 2.60. The van der Waals surface area contributed by atoms with Crippen molar-refractivity contribution in [1.82, 2.24) is 0 Å². The number of amides is 1. The largest absolute Gasteiger partial charge is 0.508 e. The summed E-state index contributed by atoms with van der Waals surface area (Å²) in [5.41, 5.74) is 2.40. The van der Waals surface area contributed by atoms with E-state index in [1.807, 2.05) is 0 Å². The van der Waals surface area contributed by atoms with E-state index in [1.54, 1.807) is 0 Å². The fourth-order valence-electron chi connectivity index (χ4n) is 4.92. The number of aliphatic hydroxyl groups is 4. The van der Waals surface area contributed by atoms with E-state index in [-0.39, 0.29) is 36.1 Å². The molecule has 1 aromatic carbocycles. The molecule has 9 nitrogen and oxygen atoms in total. The Bertz CT molecular complexity index is 1210. The smallest absolute Gasteiger partial charge is 0.255 e. The predicted octanol–water partition coefficient (Wildman–Crippen LogP) is 0.156. The number of fused-ring (bicyclic) bond motifs is 3. The van der Waals surface area contributed by atoms with E-state index in [9.17, 15) is 39.9 Å². The Balaban J connectivity index is 1.92. The molecule has 1 amide bonds. The molecule has 0 radical (unpaired) electrons. The van der Waals surface area contributed by atoms with E-state index >= 15 is 0 Å². The van der Waals surface area contributed by atoms with Gasteiger partial charge in [-0.05, 0) is 43.4 Å². The third-order valence-corrected chi connectivity index (χ3v) is 6.36. The van der Waals surface area contributed by atoms with Crippen molar-refractivity contribution < 1.29 is 39.9 Å². The van der Waals surface area contributed by atoms with E-state index < -0.39 is 58.1 Å². The van der Waals surface area contributed by atoms with Crippen LogP contribution in [0, 0.1) is 23.7 Å². The molecular formula is C23H21NO8. The Morgan fingerprint density at radius 2 is 1.91 bits per heavy atom. The maximum atomic E-state index is 13.4. The average Bonchev–Trinajstić information content (AvgIpc) is 2.69. The predicted molar refractivity (Wildman–Crippen MR) is 110 cm³/mol. The molecule has 0 aliphatic heterocycles. The van der Waals surface area contributed by atoms with Gasteiger partial charge in [0.1, 0.15) is 28.9 Å². The van der Waals surface area contributed by atoms with Gasteiger partial charge in [0.25, 0.3) is 5.91 Å². The Morgan fingerprint density at radius 3 is 2.53 bits per heavy atom. The lowest BCUT2D eigenvalue weighted by Gasteiger charge is -2.46. The monoisotopic (exact) mass is 439 g/mol. The molecule has 4 unspecified atom stereocenters. The first-order valence-corrected chi connectivity index (χ1v) is 10.00. The van der Waals surface area contributed by atoms with E-state index in [4.69, 9.17) is 5.73 Å². The van der Waals surface area contributed by atoms with Crippen LogP contribution in [0.5, 0.6) is 5.75 Å². The molecule has 0 bridgehead atoms. The van der Waals surface area contributed by atoms with Gasteiger partial charge in [0, 0.05) is 23.5 Å². The maximum absolute atomic E-state index is 13.4. The molecule has 0 heterocycles. The van der Waals surface area contributed by atoms with Gasteiger partial charge in [-0.3, -0.25) is 14.4 Å². The second-order valence-corrected chi connectivity index (χ2v) is 8.34. The molecule has 3 aliphatic rings. The number of phenolic OH excluding ortho intramolecular Hbond substituents is 1. The molecule has 1 aromatic rings. The average molecular weight is 439 g/mol. The van der Waals surface area contributed by atoms with Crippen LogP contribution in [0.25, 0.3) is 5.76 Å². The summed E-state index contributed by atoms with van der Waals surface area (Å²) in [6, 6.07) is 2.81. The third-order valence-electron chi connectivity index (χ3n) is 6.36. The minimum Gasteiger partial charge on any atom is -0.508 e. The molecule has 32 heavy (non-hydrogen) atoms. The van der Waals surface area contributed by atoms with Crippen molar-refractivity contribution in [3.05, 3.63) is 45.7 Å². The number of phenols is 1. The van der Waals surface area contributed by atoms with Gasteiger partial charge < -0.3 is 31.3 Å². The number of nitrogens with two attached hydrogens (primary N) is 1. The van der Waals surface area contributed by atoms with Crippen LogP contribution >= 0.6 is 0 Å². The SMILES string of the molecule is CC(O)C#Cc1ccc(O)c2c1CC1CC3CC(=O)C(C(N)=O)=C(O)C3(O)C(=O)C1=C2O. The number of carbonyl (C=O) groups excluding carboxylic acids is 3. The number of rotatable bonds is 1. The number of ketones is 2. The molecule has 3 aliphatic carbocycles. The molecule has 1 fully saturated rings. The minimum absolute atomic E-state index is 0.0328. The Kier molecular flexibility index (Phi) is 4.88. The van der Waals surface area contributed by atoms with E-state index in [1.165, 1.54) is 19.1 Å². The third kappa shape index (κ3) is 2.92. The van der Waals surface area contributed by atoms with Crippen molar-refractivity contribution in [1.29, 1.82) is 0 Å². The number of hydrogen-bond acceptors (Lipinski definition) is 8. The van der Waals surface area contributed by atoms with Gasteiger partial charge in [0.15, 0.2) is 11.4 Å². The summed E-state index contributed by atoms with van der Waals surface area (Å²) in [7, 11) is 0. The fourth-order valence-corrected chi connectivity index (χ4v) is 4.92. The van der Waals surface area contributed by atoms with Crippen molar-refractivity contribution in [3.63, 3.8) is 0 Å². The molecule has 0 saturated heterocycles. The van der Waals surface area contributed by atoms with Gasteiger partial charge in [-0.2, -0.15) is 0 Å². The van der Waals surface area contributed by atoms with Crippen LogP contribution in [-0.4, -0.2) is 54.7 Å². The highest BCUT2D eigenvalue weighted by molar-refractivity contribution is 6.22. The van der Waals surface area contributed by atoms with E-state index in [0.717, 1.165) is 0 Å². The number of aromatic hydroxyl groups is 1. The van der Waals surface area contributed by atoms with Crippen LogP contribution in [-0.2, 0) is 20.8 Å². The zero-order chi connectivity index (χ0) is 23.5. The quantitative estimate of drug-likeness (QED) is 0.264. The molecule has 7 N–H and O–H groups in total. The van der Waals surface area contributed by atoms with Crippen LogP contribution in [0.2, 0.25) is 0 Å². The molecular weight excluding hydrogens is 418 g/mol. The molecule has 0 aromatic heterocycles. The van der Waals surface area contributed by atoms with Gasteiger partial charge >= 0.3 is 0 Å². The summed E-state index contributed by atoms with van der Waals surface area (Å²) in [5.74, 6) is -1.36. The first-order chi connectivity index (χ1) is 15.0. The van der Waals surface area contributed by atoms with Crippen molar-refractivity contribution in [2.75, 3.05) is 0 Å². The van der Waals surface area contributed by atoms with E-state index in [0.29, 0.717) is 11.1 Å². The van der Waals surface area contributed by atoms with Gasteiger partial charge in [-0.15, -0.1) is 0 Å². The Labute approximate surface area is 182 Å². The first-order valence-electron chi connectivity index (χ1n) is 10.00. The van der Waals surface area contributed by atoms with Crippen LogP contribution in [0.4, 0.5) is 0 Å². The lowest BCUT2D eigenvalue weighted by Crippen LogP contribution is -2.58. The fraction of sp³-hybridized carbons (Fsp3) is 0.348. The zero-order valence-electron chi connectivity index (χ0n) is 17.0. The highest BCUT2D eigenvalue weighted by atomic mass is 16.3. The number of primary amides is 1. The molecule has 4 atom stereocenters. The second-order valence-electron chi connectivity index (χ2n) is 8.34. The normalized spacial score (nSPS) is 27.7. The summed E-state index contributed by atoms with van der Waals surface area (Å²) >= 11 is 0. The summed E-state index contributed by atoms with van der Waals surface area (Å²) in [6.45, 7) is 1.48. The van der Waals surface area contributed by atoms with Gasteiger partial charge in [-0.25, -0.2) is 0 Å². The highest BCUT2D eigenvalue weighted by Crippen LogP contribution is 2.52. The number of aliphatic hydroxyl groups excluding tert-OH is 3. The topological polar surface area (TPSA) is 178 Å². The first kappa shape index (κ1) is 21.6. The van der Waals surface area contributed by atoms with Crippen LogP contribution < -0.4 is 5.73 Å². The zero-order valence-corrected chi connectivity index (χ0v) is 17.0. The van der Waals surface area contributed by atoms with Gasteiger partial charge in [0.2, 0.25) is 5.78 Å². The molecule has 1 saturated carbocycles. The van der Waals surface area contributed by atoms with Gasteiger partial charge in [0.05, 0.1) is 5.56 Å². The molecule has 0 spiro atoms. The van der Waals surface area contributed by atoms with Gasteiger partial charge in [-0.1, -0.05) is 11.8 Å². The molecule has 9 heteroatoms. The lowest BCUT2D eigenvalue weighted by atomic mass is 9.59. The van der Waals surface area contributed by atoms with Crippen LogP contribution in [0.3, 0.4) is 0 Å². The standard InChI is InChI=1S/C23H21NO8/c1-9(25)2-3-10-4-5-14(26)17-13(10)7-11-6-12-8-15(27)18(22(24)31)21(30)23(12,32)20(29)16(11)19(17)28/h4-5,9,11-12,25-26,28,30,32H,6-8H2,1H3,(H2,24,31). The van der Waals surface area contributed by atoms with Crippen molar-refractivity contribution in [2.45, 2.75) is 37.9 Å². The molecule has 166 valence electrons. The summed E-state index contributed by atoms with van der Waals surface area (Å²) in [4.78, 5) is 37.3.